The molecule has 1 amide bonds. The summed E-state index contributed by atoms with van der Waals surface area (Å²) in [5.74, 6) is -0.0403. The van der Waals surface area contributed by atoms with Crippen molar-refractivity contribution >= 4 is 17.8 Å². The Labute approximate surface area is 139 Å². The molecule has 0 bridgehead atoms. The average molecular weight is 325 g/mol. The topological polar surface area (TPSA) is 75.0 Å². The summed E-state index contributed by atoms with van der Waals surface area (Å²) in [7, 11) is 0. The molecule has 0 unspecified atom stereocenters. The first-order valence-electron chi connectivity index (χ1n) is 7.38. The highest BCUT2D eigenvalue weighted by atomic mass is 19.1. The minimum Gasteiger partial charge on any atom is -0.490 e. The molecule has 0 aliphatic heterocycles. The van der Waals surface area contributed by atoms with Gasteiger partial charge in [0.15, 0.2) is 11.6 Å². The molecule has 0 radical (unpaired) electrons. The van der Waals surface area contributed by atoms with Crippen LogP contribution >= 0.6 is 0 Å². The molecule has 1 heterocycles. The molecule has 1 aromatic carbocycles. The second-order valence-corrected chi connectivity index (χ2v) is 4.84. The van der Waals surface area contributed by atoms with E-state index in [2.05, 4.69) is 10.3 Å². The maximum Gasteiger partial charge on any atom is 0.249 e. The Kier molecular flexibility index (Phi) is 6.47. The van der Waals surface area contributed by atoms with Crippen molar-refractivity contribution in [3.63, 3.8) is 0 Å². The number of carbonyl (C=O) groups is 1. The second-order valence-electron chi connectivity index (χ2n) is 4.84. The molecule has 0 fully saturated rings. The quantitative estimate of drug-likeness (QED) is 0.624. The van der Waals surface area contributed by atoms with E-state index in [1.165, 1.54) is 30.5 Å². The lowest BCUT2D eigenvalue weighted by Gasteiger charge is -2.09. The standard InChI is InChI=1S/C18H16FN3O2/c19-15-6-3-5-14(13-15)8-9-17(23)22-18-16(7-4-11-21-18)24-12-2-1-10-20/h3-9,11,13H,1-2,12H2,(H,21,22,23)/b9-8+. The van der Waals surface area contributed by atoms with Gasteiger partial charge < -0.3 is 10.1 Å². The Bertz CT molecular complexity index is 769. The number of nitrogens with zero attached hydrogens (tertiary/aromatic N) is 2. The summed E-state index contributed by atoms with van der Waals surface area (Å²) >= 11 is 0. The molecule has 24 heavy (non-hydrogen) atoms. The number of aromatic nitrogens is 1. The van der Waals surface area contributed by atoms with Crippen LogP contribution in [0.1, 0.15) is 18.4 Å². The average Bonchev–Trinajstić information content (AvgIpc) is 2.58. The largest absolute Gasteiger partial charge is 0.490 e. The number of anilines is 1. The van der Waals surface area contributed by atoms with Crippen molar-refractivity contribution in [3.8, 4) is 11.8 Å². The van der Waals surface area contributed by atoms with Crippen LogP contribution in [0.5, 0.6) is 5.75 Å². The van der Waals surface area contributed by atoms with Gasteiger partial charge in [0.2, 0.25) is 5.91 Å². The number of carbonyl (C=O) groups excluding carboxylic acids is 1. The summed E-state index contributed by atoms with van der Waals surface area (Å²) < 4.78 is 18.6. The van der Waals surface area contributed by atoms with Crippen LogP contribution in [0.3, 0.4) is 0 Å². The van der Waals surface area contributed by atoms with Gasteiger partial charge in [-0.15, -0.1) is 0 Å². The lowest BCUT2D eigenvalue weighted by Crippen LogP contribution is -2.11. The van der Waals surface area contributed by atoms with Crippen LogP contribution in [0.15, 0.2) is 48.7 Å². The summed E-state index contributed by atoms with van der Waals surface area (Å²) in [5, 5.41) is 11.1. The van der Waals surface area contributed by atoms with Gasteiger partial charge in [0.05, 0.1) is 12.7 Å². The number of benzene rings is 1. The van der Waals surface area contributed by atoms with Gasteiger partial charge in [-0.25, -0.2) is 9.37 Å². The molecule has 1 N–H and O–H groups in total. The molecule has 2 rings (SSSR count). The Morgan fingerprint density at radius 1 is 1.38 bits per heavy atom. The predicted molar refractivity (Wildman–Crippen MR) is 88.6 cm³/mol. The van der Waals surface area contributed by atoms with E-state index < -0.39 is 5.91 Å². The number of nitriles is 1. The van der Waals surface area contributed by atoms with Gasteiger partial charge in [0.25, 0.3) is 0 Å². The highest BCUT2D eigenvalue weighted by Gasteiger charge is 2.07. The zero-order chi connectivity index (χ0) is 17.2. The van der Waals surface area contributed by atoms with Crippen molar-refractivity contribution in [2.45, 2.75) is 12.8 Å². The van der Waals surface area contributed by atoms with Gasteiger partial charge in [0.1, 0.15) is 5.82 Å². The maximum absolute atomic E-state index is 13.1. The molecule has 1 aromatic heterocycles. The first-order chi connectivity index (χ1) is 11.7. The zero-order valence-corrected chi connectivity index (χ0v) is 12.9. The minimum absolute atomic E-state index is 0.295. The molecule has 122 valence electrons. The Hall–Kier alpha value is -3.20. The third-order valence-corrected chi connectivity index (χ3v) is 2.98. The first-order valence-corrected chi connectivity index (χ1v) is 7.38. The molecule has 0 aliphatic carbocycles. The van der Waals surface area contributed by atoms with Gasteiger partial charge in [-0.3, -0.25) is 4.79 Å². The van der Waals surface area contributed by atoms with Crippen LogP contribution in [0.25, 0.3) is 6.08 Å². The summed E-state index contributed by atoms with van der Waals surface area (Å²) in [6.45, 7) is 0.362. The van der Waals surface area contributed by atoms with Crippen LogP contribution in [-0.2, 0) is 4.79 Å². The number of ether oxygens (including phenoxy) is 1. The van der Waals surface area contributed by atoms with Gasteiger partial charge in [-0.1, -0.05) is 12.1 Å². The first kappa shape index (κ1) is 17.2. The predicted octanol–water partition coefficient (Wildman–Crippen LogP) is 3.56. The highest BCUT2D eigenvalue weighted by molar-refractivity contribution is 6.02. The van der Waals surface area contributed by atoms with E-state index in [1.807, 2.05) is 6.07 Å². The van der Waals surface area contributed by atoms with E-state index in [1.54, 1.807) is 24.3 Å². The van der Waals surface area contributed by atoms with Crippen LogP contribution in [0.2, 0.25) is 0 Å². The molecule has 0 aliphatic rings. The fourth-order valence-electron chi connectivity index (χ4n) is 1.87. The Morgan fingerprint density at radius 3 is 3.04 bits per heavy atom. The van der Waals surface area contributed by atoms with Crippen LogP contribution in [-0.4, -0.2) is 17.5 Å². The summed E-state index contributed by atoms with van der Waals surface area (Å²) in [6.07, 6.45) is 5.34. The Balaban J connectivity index is 1.97. The van der Waals surface area contributed by atoms with Crippen molar-refractivity contribution in [1.29, 1.82) is 5.26 Å². The molecule has 5 nitrogen and oxygen atoms in total. The number of rotatable bonds is 7. The summed E-state index contributed by atoms with van der Waals surface area (Å²) in [6, 6.07) is 11.3. The van der Waals surface area contributed by atoms with E-state index in [4.69, 9.17) is 10.00 Å². The van der Waals surface area contributed by atoms with Gasteiger partial charge >= 0.3 is 0 Å². The monoisotopic (exact) mass is 325 g/mol. The fourth-order valence-corrected chi connectivity index (χ4v) is 1.87. The van der Waals surface area contributed by atoms with Gasteiger partial charge in [-0.2, -0.15) is 5.26 Å². The summed E-state index contributed by atoms with van der Waals surface area (Å²) in [4.78, 5) is 16.0. The van der Waals surface area contributed by atoms with E-state index in [9.17, 15) is 9.18 Å². The molecular weight excluding hydrogens is 309 g/mol. The van der Waals surface area contributed by atoms with Crippen molar-refractivity contribution in [3.05, 3.63) is 60.1 Å². The zero-order valence-electron chi connectivity index (χ0n) is 12.9. The van der Waals surface area contributed by atoms with E-state index in [0.717, 1.165) is 0 Å². The smallest absolute Gasteiger partial charge is 0.249 e. The van der Waals surface area contributed by atoms with E-state index in [-0.39, 0.29) is 5.82 Å². The van der Waals surface area contributed by atoms with Crippen molar-refractivity contribution in [2.24, 2.45) is 0 Å². The van der Waals surface area contributed by atoms with Gasteiger partial charge in [-0.05, 0) is 42.3 Å². The van der Waals surface area contributed by atoms with Crippen LogP contribution in [0.4, 0.5) is 10.2 Å². The molecule has 2 aromatic rings. The molecular formula is C18H16FN3O2. The van der Waals surface area contributed by atoms with Crippen molar-refractivity contribution in [1.82, 2.24) is 4.98 Å². The second kappa shape index (κ2) is 9.06. The molecule has 0 spiro atoms. The number of nitrogens with one attached hydrogen (secondary N) is 1. The number of unbranched alkanes of at least 4 members (excludes halogenated alkanes) is 1. The number of hydrogen-bond acceptors (Lipinski definition) is 4. The van der Waals surface area contributed by atoms with Crippen molar-refractivity contribution in [2.75, 3.05) is 11.9 Å². The number of halogens is 1. The van der Waals surface area contributed by atoms with Crippen LogP contribution < -0.4 is 10.1 Å². The third kappa shape index (κ3) is 5.54. The Morgan fingerprint density at radius 2 is 2.25 bits per heavy atom. The molecule has 0 saturated carbocycles. The number of amides is 1. The highest BCUT2D eigenvalue weighted by Crippen LogP contribution is 2.21. The van der Waals surface area contributed by atoms with Crippen molar-refractivity contribution < 1.29 is 13.9 Å². The number of pyridine rings is 1. The minimum atomic E-state index is -0.403. The molecule has 0 saturated heterocycles. The third-order valence-electron chi connectivity index (χ3n) is 2.98. The number of hydrogen-bond donors (Lipinski definition) is 1. The fraction of sp³-hybridized carbons (Fsp3) is 0.167. The van der Waals surface area contributed by atoms with Gasteiger partial charge in [0, 0.05) is 18.7 Å². The van der Waals surface area contributed by atoms with E-state index in [0.29, 0.717) is 36.6 Å². The maximum atomic E-state index is 13.1. The lowest BCUT2D eigenvalue weighted by atomic mass is 10.2. The lowest BCUT2D eigenvalue weighted by molar-refractivity contribution is -0.111. The summed E-state index contributed by atoms with van der Waals surface area (Å²) in [5.41, 5.74) is 0.583. The van der Waals surface area contributed by atoms with Crippen LogP contribution in [0, 0.1) is 17.1 Å². The molecule has 0 atom stereocenters. The van der Waals surface area contributed by atoms with E-state index >= 15 is 0 Å². The normalized spacial score (nSPS) is 10.3. The SMILES string of the molecule is N#CCCCOc1cccnc1NC(=O)/C=C/c1cccc(F)c1. The molecule has 6 heteroatoms.